The molecule has 0 unspecified atom stereocenters. The minimum absolute atomic E-state index is 0.0391. The number of rotatable bonds is 4. The molecule has 3 N–H and O–H groups in total. The number of benzene rings is 1. The van der Waals surface area contributed by atoms with Gasteiger partial charge in [0.2, 0.25) is 15.9 Å². The summed E-state index contributed by atoms with van der Waals surface area (Å²) < 4.78 is 22.9. The fourth-order valence-corrected chi connectivity index (χ4v) is 3.33. The van der Waals surface area contributed by atoms with Gasteiger partial charge in [-0.3, -0.25) is 4.79 Å². The smallest absolute Gasteiger partial charge is 0.238 e. The number of carbonyl (C=O) groups is 1. The third-order valence-electron chi connectivity index (χ3n) is 3.64. The standard InChI is InChI=1S/C15H20N2O3S/c1-11-13(8-5-9-14(11)21(16,19)20)17-15(18)10-12-6-3-2-4-7-12/h5-6,8-9H,2-4,7,10H2,1H3,(H,17,18)(H2,16,19,20). The molecule has 0 saturated heterocycles. The van der Waals surface area contributed by atoms with Crippen LogP contribution in [0.1, 0.15) is 37.7 Å². The Labute approximate surface area is 125 Å². The zero-order valence-electron chi connectivity index (χ0n) is 12.1. The second-order valence-corrected chi connectivity index (χ2v) is 6.84. The summed E-state index contributed by atoms with van der Waals surface area (Å²) in [6, 6.07) is 4.68. The number of primary sulfonamides is 1. The minimum Gasteiger partial charge on any atom is -0.326 e. The van der Waals surface area contributed by atoms with Gasteiger partial charge in [0.05, 0.1) is 4.90 Å². The average molecular weight is 308 g/mol. The largest absolute Gasteiger partial charge is 0.326 e. The Morgan fingerprint density at radius 2 is 2.10 bits per heavy atom. The van der Waals surface area contributed by atoms with E-state index in [1.54, 1.807) is 19.1 Å². The zero-order chi connectivity index (χ0) is 15.5. The molecule has 0 heterocycles. The van der Waals surface area contributed by atoms with Crippen LogP contribution in [0.2, 0.25) is 0 Å². The molecule has 0 fully saturated rings. The first-order valence-electron chi connectivity index (χ1n) is 6.98. The normalized spacial score (nSPS) is 15.4. The first-order valence-corrected chi connectivity index (χ1v) is 8.53. The molecular formula is C15H20N2O3S. The van der Waals surface area contributed by atoms with Gasteiger partial charge in [0, 0.05) is 12.1 Å². The van der Waals surface area contributed by atoms with E-state index in [9.17, 15) is 13.2 Å². The first-order chi connectivity index (χ1) is 9.88. The number of amides is 1. The lowest BCUT2D eigenvalue weighted by Gasteiger charge is -2.14. The Morgan fingerprint density at radius 1 is 1.33 bits per heavy atom. The molecule has 114 valence electrons. The number of carbonyl (C=O) groups excluding carboxylic acids is 1. The summed E-state index contributed by atoms with van der Waals surface area (Å²) in [5.74, 6) is -0.127. The number of sulfonamides is 1. The second kappa shape index (κ2) is 6.41. The highest BCUT2D eigenvalue weighted by atomic mass is 32.2. The maximum Gasteiger partial charge on any atom is 0.238 e. The summed E-state index contributed by atoms with van der Waals surface area (Å²) >= 11 is 0. The third-order valence-corrected chi connectivity index (χ3v) is 4.69. The fourth-order valence-electron chi connectivity index (χ4n) is 2.52. The van der Waals surface area contributed by atoms with Crippen LogP contribution in [0, 0.1) is 6.92 Å². The van der Waals surface area contributed by atoms with Crippen molar-refractivity contribution < 1.29 is 13.2 Å². The van der Waals surface area contributed by atoms with Crippen molar-refractivity contribution in [1.82, 2.24) is 0 Å². The van der Waals surface area contributed by atoms with E-state index in [-0.39, 0.29) is 10.8 Å². The van der Waals surface area contributed by atoms with Crippen molar-refractivity contribution in [2.75, 3.05) is 5.32 Å². The summed E-state index contributed by atoms with van der Waals surface area (Å²) in [5.41, 5.74) is 2.10. The van der Waals surface area contributed by atoms with Gasteiger partial charge in [0.1, 0.15) is 0 Å². The van der Waals surface area contributed by atoms with Gasteiger partial charge in [0.15, 0.2) is 0 Å². The molecule has 1 aliphatic carbocycles. The number of nitrogens with two attached hydrogens (primary N) is 1. The lowest BCUT2D eigenvalue weighted by molar-refractivity contribution is -0.115. The number of allylic oxidation sites excluding steroid dienone is 1. The molecule has 0 saturated carbocycles. The van der Waals surface area contributed by atoms with Gasteiger partial charge < -0.3 is 5.32 Å². The highest BCUT2D eigenvalue weighted by Crippen LogP contribution is 2.24. The second-order valence-electron chi connectivity index (χ2n) is 5.31. The third kappa shape index (κ3) is 4.15. The number of hydrogen-bond donors (Lipinski definition) is 2. The van der Waals surface area contributed by atoms with Gasteiger partial charge in [-0.2, -0.15) is 0 Å². The van der Waals surface area contributed by atoms with Crippen LogP contribution in [0.25, 0.3) is 0 Å². The van der Waals surface area contributed by atoms with Gasteiger partial charge in [-0.15, -0.1) is 0 Å². The Bertz CT molecular complexity index is 678. The Balaban J connectivity index is 2.13. The lowest BCUT2D eigenvalue weighted by atomic mass is 9.97. The Hall–Kier alpha value is -1.66. The zero-order valence-corrected chi connectivity index (χ0v) is 12.9. The average Bonchev–Trinajstić information content (AvgIpc) is 2.41. The van der Waals surface area contributed by atoms with Crippen LogP contribution in [0.4, 0.5) is 5.69 Å². The molecule has 1 aliphatic rings. The number of anilines is 1. The maximum atomic E-state index is 12.1. The quantitative estimate of drug-likeness (QED) is 0.837. The van der Waals surface area contributed by atoms with Crippen molar-refractivity contribution in [3.8, 4) is 0 Å². The van der Waals surface area contributed by atoms with Gasteiger partial charge >= 0.3 is 0 Å². The molecule has 0 atom stereocenters. The summed E-state index contributed by atoms with van der Waals surface area (Å²) in [7, 11) is -3.78. The first kappa shape index (κ1) is 15.7. The van der Waals surface area contributed by atoms with Gasteiger partial charge in [-0.1, -0.05) is 17.7 Å². The fraction of sp³-hybridized carbons (Fsp3) is 0.400. The van der Waals surface area contributed by atoms with E-state index < -0.39 is 10.0 Å². The molecule has 6 heteroatoms. The van der Waals surface area contributed by atoms with Gasteiger partial charge in [0.25, 0.3) is 0 Å². The molecule has 1 aromatic rings. The molecule has 5 nitrogen and oxygen atoms in total. The van der Waals surface area contributed by atoms with Crippen molar-refractivity contribution in [1.29, 1.82) is 0 Å². The molecule has 0 aliphatic heterocycles. The molecule has 0 spiro atoms. The molecule has 21 heavy (non-hydrogen) atoms. The molecule has 1 aromatic carbocycles. The molecule has 1 amide bonds. The van der Waals surface area contributed by atoms with Crippen molar-refractivity contribution >= 4 is 21.6 Å². The summed E-state index contributed by atoms with van der Waals surface area (Å²) in [6.45, 7) is 1.63. The van der Waals surface area contributed by atoms with Crippen molar-refractivity contribution in [2.24, 2.45) is 5.14 Å². The number of hydrogen-bond acceptors (Lipinski definition) is 3. The predicted octanol–water partition coefficient (Wildman–Crippen LogP) is 2.47. The van der Waals surface area contributed by atoms with Crippen LogP contribution in [0.3, 0.4) is 0 Å². The van der Waals surface area contributed by atoms with Crippen molar-refractivity contribution in [3.63, 3.8) is 0 Å². The Morgan fingerprint density at radius 3 is 2.71 bits per heavy atom. The highest BCUT2D eigenvalue weighted by Gasteiger charge is 2.15. The highest BCUT2D eigenvalue weighted by molar-refractivity contribution is 7.89. The summed E-state index contributed by atoms with van der Waals surface area (Å²) in [4.78, 5) is 12.1. The molecule has 0 radical (unpaired) electrons. The minimum atomic E-state index is -3.78. The van der Waals surface area contributed by atoms with E-state index in [0.29, 0.717) is 17.7 Å². The van der Waals surface area contributed by atoms with Gasteiger partial charge in [-0.25, -0.2) is 13.6 Å². The molecule has 0 aromatic heterocycles. The predicted molar refractivity (Wildman–Crippen MR) is 82.3 cm³/mol. The van der Waals surface area contributed by atoms with E-state index in [1.807, 2.05) is 0 Å². The van der Waals surface area contributed by atoms with Crippen molar-refractivity contribution in [2.45, 2.75) is 43.9 Å². The van der Waals surface area contributed by atoms with Crippen LogP contribution >= 0.6 is 0 Å². The monoisotopic (exact) mass is 308 g/mol. The summed E-state index contributed by atoms with van der Waals surface area (Å²) in [6.07, 6.45) is 6.78. The van der Waals surface area contributed by atoms with E-state index in [0.717, 1.165) is 24.8 Å². The van der Waals surface area contributed by atoms with E-state index in [1.165, 1.54) is 12.5 Å². The van der Waals surface area contributed by atoms with E-state index in [4.69, 9.17) is 5.14 Å². The summed E-state index contributed by atoms with van der Waals surface area (Å²) in [5, 5.41) is 7.93. The molecule has 2 rings (SSSR count). The number of nitrogens with one attached hydrogen (secondary N) is 1. The van der Waals surface area contributed by atoms with E-state index in [2.05, 4.69) is 11.4 Å². The van der Waals surface area contributed by atoms with E-state index >= 15 is 0 Å². The van der Waals surface area contributed by atoms with Crippen LogP contribution in [0.15, 0.2) is 34.7 Å². The van der Waals surface area contributed by atoms with Gasteiger partial charge in [-0.05, 0) is 50.3 Å². The van der Waals surface area contributed by atoms with Crippen molar-refractivity contribution in [3.05, 3.63) is 35.4 Å². The Kier molecular flexibility index (Phi) is 4.80. The SMILES string of the molecule is Cc1c(NC(=O)CC2=CCCCC2)cccc1S(N)(=O)=O. The lowest BCUT2D eigenvalue weighted by Crippen LogP contribution is -2.17. The van der Waals surface area contributed by atoms with Crippen LogP contribution < -0.4 is 10.5 Å². The molecule has 0 bridgehead atoms. The maximum absolute atomic E-state index is 12.1. The topological polar surface area (TPSA) is 89.3 Å². The van der Waals surface area contributed by atoms with Crippen LogP contribution in [-0.2, 0) is 14.8 Å². The van der Waals surface area contributed by atoms with Crippen LogP contribution in [-0.4, -0.2) is 14.3 Å². The van der Waals surface area contributed by atoms with Crippen LogP contribution in [0.5, 0.6) is 0 Å². The molecular weight excluding hydrogens is 288 g/mol.